The number of para-hydroxylation sites is 4. The number of rotatable bonds is 7. The van der Waals surface area contributed by atoms with E-state index in [-0.39, 0.29) is 0 Å². The van der Waals surface area contributed by atoms with E-state index in [0.29, 0.717) is 0 Å². The molecule has 0 fully saturated rings. The molecule has 192 valence electrons. The summed E-state index contributed by atoms with van der Waals surface area (Å²) < 4.78 is 6.13. The lowest BCUT2D eigenvalue weighted by molar-refractivity contribution is 0.669. The Labute approximate surface area is 233 Å². The van der Waals surface area contributed by atoms with E-state index in [2.05, 4.69) is 113 Å². The molecular formula is C36H27N3O. The number of furan rings is 1. The normalized spacial score (nSPS) is 11.0. The third-order valence-corrected chi connectivity index (χ3v) is 6.93. The number of anilines is 7. The minimum absolute atomic E-state index is 0.879. The Balaban J connectivity index is 1.39. The molecule has 0 aliphatic heterocycles. The highest BCUT2D eigenvalue weighted by Gasteiger charge is 2.17. The zero-order valence-corrected chi connectivity index (χ0v) is 21.8. The Hall–Kier alpha value is -5.48. The van der Waals surface area contributed by atoms with Crippen LogP contribution in [0.3, 0.4) is 0 Å². The quantitative estimate of drug-likeness (QED) is 0.221. The monoisotopic (exact) mass is 517 g/mol. The maximum atomic E-state index is 6.13. The Morgan fingerprint density at radius 3 is 1.57 bits per heavy atom. The van der Waals surface area contributed by atoms with Gasteiger partial charge in [0.25, 0.3) is 0 Å². The predicted molar refractivity (Wildman–Crippen MR) is 168 cm³/mol. The fourth-order valence-electron chi connectivity index (χ4n) is 5.14. The number of benzene rings is 6. The van der Waals surface area contributed by atoms with Crippen molar-refractivity contribution < 1.29 is 4.42 Å². The summed E-state index contributed by atoms with van der Waals surface area (Å²) >= 11 is 0. The first kappa shape index (κ1) is 23.6. The van der Waals surface area contributed by atoms with Gasteiger partial charge in [-0.1, -0.05) is 72.8 Å². The average Bonchev–Trinajstić information content (AvgIpc) is 3.37. The summed E-state index contributed by atoms with van der Waals surface area (Å²) in [6.45, 7) is 0. The summed E-state index contributed by atoms with van der Waals surface area (Å²) in [4.78, 5) is 2.29. The van der Waals surface area contributed by atoms with Crippen LogP contribution in [-0.2, 0) is 0 Å². The van der Waals surface area contributed by atoms with Crippen LogP contribution < -0.4 is 15.5 Å². The molecule has 0 spiro atoms. The second-order valence-corrected chi connectivity index (χ2v) is 9.70. The second kappa shape index (κ2) is 10.4. The van der Waals surface area contributed by atoms with Gasteiger partial charge in [0.1, 0.15) is 11.2 Å². The summed E-state index contributed by atoms with van der Waals surface area (Å²) in [5.41, 5.74) is 8.94. The summed E-state index contributed by atoms with van der Waals surface area (Å²) in [5.74, 6) is 0. The van der Waals surface area contributed by atoms with Crippen LogP contribution in [0.25, 0.3) is 21.9 Å². The van der Waals surface area contributed by atoms with Crippen molar-refractivity contribution in [1.82, 2.24) is 0 Å². The summed E-state index contributed by atoms with van der Waals surface area (Å²) in [7, 11) is 0. The zero-order chi connectivity index (χ0) is 26.7. The lowest BCUT2D eigenvalue weighted by Gasteiger charge is -2.27. The average molecular weight is 518 g/mol. The molecule has 0 amide bonds. The molecule has 0 unspecified atom stereocenters. The molecule has 6 aromatic carbocycles. The number of hydrogen-bond acceptors (Lipinski definition) is 4. The summed E-state index contributed by atoms with van der Waals surface area (Å²) in [5, 5.41) is 9.39. The zero-order valence-electron chi connectivity index (χ0n) is 21.8. The van der Waals surface area contributed by atoms with Crippen LogP contribution in [0.2, 0.25) is 0 Å². The lowest BCUT2D eigenvalue weighted by Crippen LogP contribution is -2.10. The van der Waals surface area contributed by atoms with Crippen molar-refractivity contribution in [1.29, 1.82) is 0 Å². The number of nitrogens with one attached hydrogen (secondary N) is 2. The van der Waals surface area contributed by atoms with Gasteiger partial charge in [0.2, 0.25) is 0 Å². The van der Waals surface area contributed by atoms with Crippen LogP contribution in [0.15, 0.2) is 156 Å². The van der Waals surface area contributed by atoms with Gasteiger partial charge in [-0.15, -0.1) is 0 Å². The Kier molecular flexibility index (Phi) is 6.11. The highest BCUT2D eigenvalue weighted by atomic mass is 16.3. The second-order valence-electron chi connectivity index (χ2n) is 9.70. The molecule has 0 aliphatic carbocycles. The van der Waals surface area contributed by atoms with E-state index in [4.69, 9.17) is 4.42 Å². The van der Waals surface area contributed by atoms with Crippen molar-refractivity contribution in [3.8, 4) is 0 Å². The van der Waals surface area contributed by atoms with Crippen molar-refractivity contribution in [2.24, 2.45) is 0 Å². The fraction of sp³-hybridized carbons (Fsp3) is 0. The molecule has 2 N–H and O–H groups in total. The highest BCUT2D eigenvalue weighted by Crippen LogP contribution is 2.41. The van der Waals surface area contributed by atoms with Crippen molar-refractivity contribution in [2.75, 3.05) is 15.5 Å². The van der Waals surface area contributed by atoms with E-state index >= 15 is 0 Å². The van der Waals surface area contributed by atoms with Crippen LogP contribution in [0.4, 0.5) is 39.8 Å². The third-order valence-electron chi connectivity index (χ3n) is 6.93. The standard InChI is InChI=1S/C36H27N3O/c1-4-12-26(13-5-1)37-28-22-29(38-27-14-6-2-7-15-27)24-32(23-28)39(30-16-8-3-9-17-30)31-20-21-36-34(25-31)33-18-10-11-19-35(33)40-36/h1-25,37-38H. The predicted octanol–water partition coefficient (Wildman–Crippen LogP) is 10.5. The van der Waals surface area contributed by atoms with E-state index in [9.17, 15) is 0 Å². The van der Waals surface area contributed by atoms with E-state index < -0.39 is 0 Å². The largest absolute Gasteiger partial charge is 0.456 e. The summed E-state index contributed by atoms with van der Waals surface area (Å²) in [6, 6.07) is 52.1. The number of nitrogens with zero attached hydrogens (tertiary/aromatic N) is 1. The van der Waals surface area contributed by atoms with Gasteiger partial charge in [-0.3, -0.25) is 0 Å². The van der Waals surface area contributed by atoms with Crippen molar-refractivity contribution >= 4 is 61.8 Å². The van der Waals surface area contributed by atoms with Gasteiger partial charge in [0, 0.05) is 44.9 Å². The molecule has 40 heavy (non-hydrogen) atoms. The Morgan fingerprint density at radius 1 is 0.375 bits per heavy atom. The van der Waals surface area contributed by atoms with Gasteiger partial charge in [-0.05, 0) is 78.9 Å². The molecular weight excluding hydrogens is 490 g/mol. The first-order valence-corrected chi connectivity index (χ1v) is 13.4. The molecule has 1 aromatic heterocycles. The maximum absolute atomic E-state index is 6.13. The van der Waals surface area contributed by atoms with E-state index in [0.717, 1.165) is 61.8 Å². The van der Waals surface area contributed by atoms with Crippen molar-refractivity contribution in [2.45, 2.75) is 0 Å². The number of fused-ring (bicyclic) bond motifs is 3. The first-order chi connectivity index (χ1) is 19.8. The van der Waals surface area contributed by atoms with Gasteiger partial charge >= 0.3 is 0 Å². The molecule has 4 nitrogen and oxygen atoms in total. The van der Waals surface area contributed by atoms with Gasteiger partial charge in [0.05, 0.1) is 5.69 Å². The number of hydrogen-bond donors (Lipinski definition) is 2. The molecule has 0 saturated heterocycles. The molecule has 1 heterocycles. The summed E-state index contributed by atoms with van der Waals surface area (Å²) in [6.07, 6.45) is 0. The highest BCUT2D eigenvalue weighted by molar-refractivity contribution is 6.06. The van der Waals surface area contributed by atoms with Gasteiger partial charge < -0.3 is 20.0 Å². The van der Waals surface area contributed by atoms with Crippen LogP contribution in [-0.4, -0.2) is 0 Å². The molecule has 0 saturated carbocycles. The SMILES string of the molecule is c1ccc(Nc2cc(Nc3ccccc3)cc(N(c3ccccc3)c3ccc4oc5ccccc5c4c3)c2)cc1. The van der Waals surface area contributed by atoms with Crippen LogP contribution >= 0.6 is 0 Å². The minimum atomic E-state index is 0.879. The third kappa shape index (κ3) is 4.74. The van der Waals surface area contributed by atoms with Gasteiger partial charge in [0.15, 0.2) is 0 Å². The molecule has 0 radical (unpaired) electrons. The van der Waals surface area contributed by atoms with Crippen LogP contribution in [0.5, 0.6) is 0 Å². The van der Waals surface area contributed by atoms with Crippen LogP contribution in [0, 0.1) is 0 Å². The topological polar surface area (TPSA) is 40.4 Å². The Bertz CT molecular complexity index is 1840. The van der Waals surface area contributed by atoms with Crippen molar-refractivity contribution in [3.63, 3.8) is 0 Å². The van der Waals surface area contributed by atoms with Gasteiger partial charge in [-0.25, -0.2) is 0 Å². The molecule has 0 bridgehead atoms. The maximum Gasteiger partial charge on any atom is 0.135 e. The molecule has 7 aromatic rings. The smallest absolute Gasteiger partial charge is 0.135 e. The molecule has 7 rings (SSSR count). The molecule has 0 atom stereocenters. The fourth-order valence-corrected chi connectivity index (χ4v) is 5.14. The van der Waals surface area contributed by atoms with Gasteiger partial charge in [-0.2, -0.15) is 0 Å². The first-order valence-electron chi connectivity index (χ1n) is 13.4. The minimum Gasteiger partial charge on any atom is -0.456 e. The van der Waals surface area contributed by atoms with E-state index in [1.54, 1.807) is 0 Å². The Morgan fingerprint density at radius 2 is 0.925 bits per heavy atom. The van der Waals surface area contributed by atoms with Crippen LogP contribution in [0.1, 0.15) is 0 Å². The molecule has 0 aliphatic rings. The van der Waals surface area contributed by atoms with E-state index in [1.807, 2.05) is 54.6 Å². The molecule has 4 heteroatoms. The van der Waals surface area contributed by atoms with Crippen molar-refractivity contribution in [3.05, 3.63) is 152 Å². The lowest BCUT2D eigenvalue weighted by atomic mass is 10.1. The van der Waals surface area contributed by atoms with E-state index in [1.165, 1.54) is 0 Å².